The van der Waals surface area contributed by atoms with E-state index < -0.39 is 28.5 Å². The Morgan fingerprint density at radius 2 is 1.80 bits per heavy atom. The predicted molar refractivity (Wildman–Crippen MR) is 154 cm³/mol. The molecule has 0 saturated heterocycles. The smallest absolute Gasteiger partial charge is 0.339 e. The lowest BCUT2D eigenvalue weighted by molar-refractivity contribution is -0.119. The number of aromatic nitrogens is 3. The number of carbonyl (C=O) groups is 2. The van der Waals surface area contributed by atoms with E-state index in [4.69, 9.17) is 9.72 Å². The summed E-state index contributed by atoms with van der Waals surface area (Å²) in [5, 5.41) is 3.31. The van der Waals surface area contributed by atoms with Gasteiger partial charge in [-0.05, 0) is 57.2 Å². The first-order valence-corrected chi connectivity index (χ1v) is 14.6. The van der Waals surface area contributed by atoms with E-state index in [1.54, 1.807) is 13.0 Å². The average Bonchev–Trinajstić information content (AvgIpc) is 2.94. The Kier molecular flexibility index (Phi) is 7.95. The van der Waals surface area contributed by atoms with Crippen molar-refractivity contribution >= 4 is 44.4 Å². The van der Waals surface area contributed by atoms with Crippen molar-refractivity contribution in [1.82, 2.24) is 19.9 Å². The molecule has 0 radical (unpaired) electrons. The summed E-state index contributed by atoms with van der Waals surface area (Å²) in [5.74, 6) is -1.19. The normalized spacial score (nSPS) is 13.6. The summed E-state index contributed by atoms with van der Waals surface area (Å²) >= 11 is 0. The number of sulfonamides is 1. The number of hydrogen-bond donors (Lipinski definition) is 2. The van der Waals surface area contributed by atoms with E-state index in [0.717, 1.165) is 24.2 Å². The van der Waals surface area contributed by atoms with Crippen LogP contribution < -0.4 is 10.0 Å². The maximum atomic E-state index is 13.4. The highest BCUT2D eigenvalue weighted by Gasteiger charge is 2.28. The van der Waals surface area contributed by atoms with Gasteiger partial charge < -0.3 is 10.1 Å². The summed E-state index contributed by atoms with van der Waals surface area (Å²) in [6, 6.07) is 14.9. The van der Waals surface area contributed by atoms with E-state index in [2.05, 4.69) is 38.8 Å². The molecule has 1 amide bonds. The Bertz CT molecular complexity index is 1720. The number of rotatable bonds is 8. The SMILES string of the molecule is Cc1ccnc(NS(=O)(=O)c2ccc(NC(=O)COC(=O)c3c4c(nc5ccccc35)CCN(C(C)C)C4)cc2)n1. The summed E-state index contributed by atoms with van der Waals surface area (Å²) < 4.78 is 33.1. The van der Waals surface area contributed by atoms with Crippen molar-refractivity contribution < 1.29 is 22.7 Å². The molecule has 0 bridgehead atoms. The van der Waals surface area contributed by atoms with Gasteiger partial charge in [0.25, 0.3) is 15.9 Å². The average molecular weight is 575 g/mol. The van der Waals surface area contributed by atoms with Crippen LogP contribution in [0.1, 0.15) is 41.2 Å². The van der Waals surface area contributed by atoms with Crippen molar-refractivity contribution in [3.05, 3.63) is 83.3 Å². The number of amides is 1. The summed E-state index contributed by atoms with van der Waals surface area (Å²) in [7, 11) is -3.93. The van der Waals surface area contributed by atoms with Gasteiger partial charge in [-0.1, -0.05) is 18.2 Å². The number of nitrogens with one attached hydrogen (secondary N) is 2. The maximum absolute atomic E-state index is 13.4. The Morgan fingerprint density at radius 1 is 1.05 bits per heavy atom. The molecular weight excluding hydrogens is 544 g/mol. The quantitative estimate of drug-likeness (QED) is 0.301. The molecule has 0 saturated carbocycles. The third-order valence-corrected chi connectivity index (χ3v) is 8.16. The Labute approximate surface area is 238 Å². The van der Waals surface area contributed by atoms with Crippen LogP contribution in [0.3, 0.4) is 0 Å². The zero-order valence-electron chi connectivity index (χ0n) is 22.9. The number of anilines is 2. The molecule has 1 aliphatic heterocycles. The Hall–Kier alpha value is -4.42. The van der Waals surface area contributed by atoms with Gasteiger partial charge in [-0.2, -0.15) is 0 Å². The maximum Gasteiger partial charge on any atom is 0.339 e. The standard InChI is InChI=1S/C29H30N6O5S/c1-18(2)35-15-13-25-23(16-35)27(22-6-4-5-7-24(22)33-25)28(37)40-17-26(36)32-20-8-10-21(11-9-20)41(38,39)34-29-30-14-12-19(3)31-29/h4-12,14,18H,13,15-17H2,1-3H3,(H,32,36)(H,30,31,34). The van der Waals surface area contributed by atoms with Crippen LogP contribution in [0.4, 0.5) is 11.6 Å². The zero-order valence-corrected chi connectivity index (χ0v) is 23.7. The first kappa shape index (κ1) is 28.1. The van der Waals surface area contributed by atoms with Crippen molar-refractivity contribution in [3.63, 3.8) is 0 Å². The Balaban J connectivity index is 1.26. The number of ether oxygens (including phenoxy) is 1. The molecule has 0 unspecified atom stereocenters. The number of pyridine rings is 1. The van der Waals surface area contributed by atoms with Crippen LogP contribution in [0, 0.1) is 6.92 Å². The first-order chi connectivity index (χ1) is 19.6. The molecule has 212 valence electrons. The number of benzene rings is 2. The van der Waals surface area contributed by atoms with Crippen LogP contribution in [-0.2, 0) is 32.5 Å². The summed E-state index contributed by atoms with van der Waals surface area (Å²) in [4.78, 5) is 41.0. The van der Waals surface area contributed by atoms with E-state index in [1.807, 2.05) is 24.3 Å². The highest BCUT2D eigenvalue weighted by atomic mass is 32.2. The van der Waals surface area contributed by atoms with E-state index in [1.165, 1.54) is 30.5 Å². The van der Waals surface area contributed by atoms with E-state index >= 15 is 0 Å². The minimum atomic E-state index is -3.93. The molecule has 41 heavy (non-hydrogen) atoms. The van der Waals surface area contributed by atoms with E-state index in [-0.39, 0.29) is 10.8 Å². The number of hydrogen-bond acceptors (Lipinski definition) is 9. The molecule has 3 heterocycles. The molecule has 11 nitrogen and oxygen atoms in total. The highest BCUT2D eigenvalue weighted by molar-refractivity contribution is 7.92. The third-order valence-electron chi connectivity index (χ3n) is 6.81. The van der Waals surface area contributed by atoms with Crippen molar-refractivity contribution in [2.45, 2.75) is 44.7 Å². The molecule has 2 N–H and O–H groups in total. The van der Waals surface area contributed by atoms with Gasteiger partial charge in [0.05, 0.1) is 16.0 Å². The van der Waals surface area contributed by atoms with Gasteiger partial charge in [-0.3, -0.25) is 14.7 Å². The van der Waals surface area contributed by atoms with Crippen molar-refractivity contribution in [2.75, 3.05) is 23.2 Å². The molecule has 0 fully saturated rings. The van der Waals surface area contributed by atoms with Gasteiger partial charge in [0.1, 0.15) is 0 Å². The number of aryl methyl sites for hydroxylation is 1. The van der Waals surface area contributed by atoms with Gasteiger partial charge in [0, 0.05) is 59.8 Å². The van der Waals surface area contributed by atoms with Gasteiger partial charge in [-0.15, -0.1) is 0 Å². The second-order valence-electron chi connectivity index (χ2n) is 10.0. The molecular formula is C29H30N6O5S. The van der Waals surface area contributed by atoms with Crippen molar-refractivity contribution in [3.8, 4) is 0 Å². The van der Waals surface area contributed by atoms with Gasteiger partial charge >= 0.3 is 5.97 Å². The lowest BCUT2D eigenvalue weighted by atomic mass is 9.95. The highest BCUT2D eigenvalue weighted by Crippen LogP contribution is 2.29. The summed E-state index contributed by atoms with van der Waals surface area (Å²) in [6.45, 7) is 6.86. The fourth-order valence-electron chi connectivity index (χ4n) is 4.68. The number of fused-ring (bicyclic) bond motifs is 2. The largest absolute Gasteiger partial charge is 0.452 e. The van der Waals surface area contributed by atoms with Gasteiger partial charge in [0.15, 0.2) is 6.61 Å². The lowest BCUT2D eigenvalue weighted by Crippen LogP contribution is -2.37. The van der Waals surface area contributed by atoms with Gasteiger partial charge in [0.2, 0.25) is 5.95 Å². The first-order valence-electron chi connectivity index (χ1n) is 13.1. The molecule has 5 rings (SSSR count). The summed E-state index contributed by atoms with van der Waals surface area (Å²) in [6.07, 6.45) is 2.18. The molecule has 0 aliphatic carbocycles. The van der Waals surface area contributed by atoms with Crippen LogP contribution in [0.5, 0.6) is 0 Å². The van der Waals surface area contributed by atoms with Crippen LogP contribution in [-0.4, -0.2) is 59.3 Å². The van der Waals surface area contributed by atoms with Crippen LogP contribution in [0.15, 0.2) is 65.7 Å². The fraction of sp³-hybridized carbons (Fsp3) is 0.276. The number of nitrogens with zero attached hydrogens (tertiary/aromatic N) is 4. The van der Waals surface area contributed by atoms with E-state index in [9.17, 15) is 18.0 Å². The minimum Gasteiger partial charge on any atom is -0.452 e. The molecule has 1 aliphatic rings. The molecule has 4 aromatic rings. The van der Waals surface area contributed by atoms with Crippen LogP contribution in [0.2, 0.25) is 0 Å². The van der Waals surface area contributed by atoms with Crippen molar-refractivity contribution in [1.29, 1.82) is 0 Å². The molecule has 0 spiro atoms. The lowest BCUT2D eigenvalue weighted by Gasteiger charge is -2.32. The van der Waals surface area contributed by atoms with Crippen molar-refractivity contribution in [2.24, 2.45) is 0 Å². The van der Waals surface area contributed by atoms with E-state index in [0.29, 0.717) is 40.4 Å². The molecule has 2 aromatic carbocycles. The number of para-hydroxylation sites is 1. The number of carbonyl (C=O) groups excluding carboxylic acids is 2. The minimum absolute atomic E-state index is 0.0307. The van der Waals surface area contributed by atoms with Crippen LogP contribution in [0.25, 0.3) is 10.9 Å². The Morgan fingerprint density at radius 3 is 2.54 bits per heavy atom. The second-order valence-corrected chi connectivity index (χ2v) is 11.7. The van der Waals surface area contributed by atoms with Crippen LogP contribution >= 0.6 is 0 Å². The zero-order chi connectivity index (χ0) is 29.1. The van der Waals surface area contributed by atoms with Gasteiger partial charge in [-0.25, -0.2) is 27.9 Å². The monoisotopic (exact) mass is 574 g/mol. The predicted octanol–water partition coefficient (Wildman–Crippen LogP) is 3.70. The fourth-order valence-corrected chi connectivity index (χ4v) is 5.63. The molecule has 0 atom stereocenters. The third kappa shape index (κ3) is 6.34. The topological polar surface area (TPSA) is 143 Å². The molecule has 2 aromatic heterocycles. The molecule has 12 heteroatoms. The second kappa shape index (κ2) is 11.6. The number of esters is 1. The summed E-state index contributed by atoms with van der Waals surface area (Å²) in [5.41, 5.74) is 3.80.